The minimum absolute atomic E-state index is 1.25. The minimum Gasteiger partial charge on any atom is -0.726 e. The fourth-order valence-electron chi connectivity index (χ4n) is 0.342. The van der Waals surface area contributed by atoms with Crippen LogP contribution in [0, 0.1) is 0 Å². The zero-order chi connectivity index (χ0) is 9.61. The summed E-state index contributed by atoms with van der Waals surface area (Å²) < 4.78 is 32.8. The van der Waals surface area contributed by atoms with Crippen molar-refractivity contribution in [3.8, 4) is 0 Å². The van der Waals surface area contributed by atoms with Gasteiger partial charge in [0.2, 0.25) is 16.6 Å². The lowest BCUT2D eigenvalue weighted by molar-refractivity contribution is -0.700. The van der Waals surface area contributed by atoms with Crippen LogP contribution in [-0.4, -0.2) is 22.6 Å². The van der Waals surface area contributed by atoms with E-state index < -0.39 is 10.4 Å². The molecule has 0 aliphatic carbocycles. The maximum Gasteiger partial charge on any atom is 0.230 e. The number of nitrogen functional groups attached to an aromatic ring is 1. The van der Waals surface area contributed by atoms with Gasteiger partial charge in [-0.1, -0.05) is 0 Å². The average Bonchev–Trinajstić information content (AvgIpc) is 1.85. The number of hydrogen-bond acceptors (Lipinski definition) is 5. The second-order valence-electron chi connectivity index (χ2n) is 1.61. The quantitative estimate of drug-likeness (QED) is 0.214. The summed E-state index contributed by atoms with van der Waals surface area (Å²) in [5.41, 5.74) is 0. The molecule has 0 aliphatic rings. The Labute approximate surface area is 69.0 Å². The largest absolute Gasteiger partial charge is 0.726 e. The van der Waals surface area contributed by atoms with Crippen molar-refractivity contribution in [1.29, 1.82) is 0 Å². The van der Waals surface area contributed by atoms with Crippen LogP contribution in [0.15, 0.2) is 24.5 Å². The molecule has 0 amide bonds. The molecule has 0 atom stereocenters. The standard InChI is InChI=1S/C4H6N3.H2O4S/c5-7-4-2-1-3-6-7;1-5(2,3)4/h1-4H,(H2,5,6);(H2,1,2,3,4)/q+1;/p-1. The summed E-state index contributed by atoms with van der Waals surface area (Å²) in [5, 5.41) is 3.67. The second-order valence-corrected chi connectivity index (χ2v) is 2.46. The molecule has 1 heterocycles. The van der Waals surface area contributed by atoms with Gasteiger partial charge >= 0.3 is 0 Å². The Morgan fingerprint density at radius 3 is 2.17 bits per heavy atom. The van der Waals surface area contributed by atoms with Crippen molar-refractivity contribution in [3.05, 3.63) is 24.5 Å². The van der Waals surface area contributed by atoms with Gasteiger partial charge in [0.1, 0.15) is 0 Å². The van der Waals surface area contributed by atoms with Gasteiger partial charge in [0.25, 0.3) is 0 Å². The maximum absolute atomic E-state index is 8.63. The number of nitrogens with two attached hydrogens (primary N) is 1. The highest BCUT2D eigenvalue weighted by Gasteiger charge is 1.82. The highest BCUT2D eigenvalue weighted by Crippen LogP contribution is 1.65. The SMILES string of the molecule is N[n+]1ccccn1.O=S(=O)([O-])O. The average molecular weight is 193 g/mol. The molecule has 0 saturated carbocycles. The van der Waals surface area contributed by atoms with E-state index in [0.717, 1.165) is 0 Å². The van der Waals surface area contributed by atoms with Crippen LogP contribution in [0.3, 0.4) is 0 Å². The molecular formula is C4H7N3O4S. The van der Waals surface area contributed by atoms with E-state index in [-0.39, 0.29) is 0 Å². The van der Waals surface area contributed by atoms with Gasteiger partial charge in [-0.3, -0.25) is 4.55 Å². The third kappa shape index (κ3) is 11.5. The van der Waals surface area contributed by atoms with Crippen LogP contribution in [0.2, 0.25) is 0 Å². The monoisotopic (exact) mass is 193 g/mol. The van der Waals surface area contributed by atoms with E-state index in [9.17, 15) is 0 Å². The zero-order valence-electron chi connectivity index (χ0n) is 5.86. The van der Waals surface area contributed by atoms with Crippen LogP contribution in [-0.2, 0) is 10.4 Å². The molecule has 1 aromatic rings. The lowest BCUT2D eigenvalue weighted by Crippen LogP contribution is -2.47. The number of nitrogens with zero attached hydrogens (tertiary/aromatic N) is 2. The van der Waals surface area contributed by atoms with Crippen molar-refractivity contribution in [2.45, 2.75) is 0 Å². The van der Waals surface area contributed by atoms with Gasteiger partial charge < -0.3 is 4.55 Å². The summed E-state index contributed by atoms with van der Waals surface area (Å²) in [7, 11) is -4.92. The first-order valence-corrected chi connectivity index (χ1v) is 4.02. The Balaban J connectivity index is 0.000000217. The van der Waals surface area contributed by atoms with E-state index in [0.29, 0.717) is 0 Å². The summed E-state index contributed by atoms with van der Waals surface area (Å²) in [6.45, 7) is 0. The molecule has 8 heteroatoms. The van der Waals surface area contributed by atoms with Crippen molar-refractivity contribution < 1.29 is 22.3 Å². The molecule has 0 radical (unpaired) electrons. The molecule has 7 nitrogen and oxygen atoms in total. The molecule has 0 aromatic carbocycles. The molecular weight excluding hydrogens is 186 g/mol. The summed E-state index contributed by atoms with van der Waals surface area (Å²) in [4.78, 5) is 1.25. The first kappa shape index (κ1) is 10.8. The molecule has 1 aromatic heterocycles. The van der Waals surface area contributed by atoms with E-state index in [1.165, 1.54) is 4.79 Å². The Morgan fingerprint density at radius 1 is 1.50 bits per heavy atom. The molecule has 12 heavy (non-hydrogen) atoms. The van der Waals surface area contributed by atoms with Crippen molar-refractivity contribution in [2.24, 2.45) is 0 Å². The van der Waals surface area contributed by atoms with E-state index in [4.69, 9.17) is 23.4 Å². The summed E-state index contributed by atoms with van der Waals surface area (Å²) in [6, 6.07) is 3.62. The molecule has 1 rings (SSSR count). The van der Waals surface area contributed by atoms with Crippen LogP contribution in [0.4, 0.5) is 0 Å². The van der Waals surface area contributed by atoms with Gasteiger partial charge in [0.15, 0.2) is 0 Å². The third-order valence-electron chi connectivity index (χ3n) is 0.636. The molecule has 0 unspecified atom stereocenters. The first-order chi connectivity index (χ1) is 5.39. The number of rotatable bonds is 0. The lowest BCUT2D eigenvalue weighted by atomic mass is 10.6. The highest BCUT2D eigenvalue weighted by molar-refractivity contribution is 7.79. The van der Waals surface area contributed by atoms with E-state index in [2.05, 4.69) is 5.10 Å². The van der Waals surface area contributed by atoms with Crippen molar-refractivity contribution in [1.82, 2.24) is 5.10 Å². The van der Waals surface area contributed by atoms with E-state index in [1.54, 1.807) is 12.4 Å². The van der Waals surface area contributed by atoms with Crippen molar-refractivity contribution >= 4 is 10.4 Å². The Bertz CT molecular complexity index is 302. The Hall–Kier alpha value is -1.25. The fraction of sp³-hybridized carbons (Fsp3) is 0. The van der Waals surface area contributed by atoms with Crippen LogP contribution in [0.1, 0.15) is 0 Å². The molecule has 0 fully saturated rings. The highest BCUT2D eigenvalue weighted by atomic mass is 32.3. The van der Waals surface area contributed by atoms with Gasteiger partial charge in [-0.25, -0.2) is 8.42 Å². The normalized spacial score (nSPS) is 9.83. The Morgan fingerprint density at radius 2 is 2.00 bits per heavy atom. The summed E-state index contributed by atoms with van der Waals surface area (Å²) in [5.74, 6) is 5.16. The second kappa shape index (κ2) is 4.59. The molecule has 0 bridgehead atoms. The fourth-order valence-corrected chi connectivity index (χ4v) is 0.342. The van der Waals surface area contributed by atoms with Gasteiger partial charge in [-0.05, 0) is 6.07 Å². The van der Waals surface area contributed by atoms with Crippen LogP contribution in [0.5, 0.6) is 0 Å². The predicted molar refractivity (Wildman–Crippen MR) is 36.9 cm³/mol. The van der Waals surface area contributed by atoms with Crippen molar-refractivity contribution in [2.75, 3.05) is 5.84 Å². The maximum atomic E-state index is 8.63. The van der Waals surface area contributed by atoms with Gasteiger partial charge in [-0.15, -0.1) is 0 Å². The number of hydrogen-bond donors (Lipinski definition) is 2. The number of aromatic nitrogens is 2. The van der Waals surface area contributed by atoms with Crippen LogP contribution >= 0.6 is 0 Å². The van der Waals surface area contributed by atoms with Gasteiger partial charge in [0.05, 0.1) is 6.20 Å². The first-order valence-electron chi connectivity index (χ1n) is 2.66. The summed E-state index contributed by atoms with van der Waals surface area (Å²) >= 11 is 0. The van der Waals surface area contributed by atoms with Crippen molar-refractivity contribution in [3.63, 3.8) is 0 Å². The summed E-state index contributed by atoms with van der Waals surface area (Å²) in [6.07, 6.45) is 3.29. The van der Waals surface area contributed by atoms with Gasteiger partial charge in [-0.2, -0.15) is 5.84 Å². The molecule has 0 saturated heterocycles. The van der Waals surface area contributed by atoms with Gasteiger partial charge in [0, 0.05) is 16.0 Å². The van der Waals surface area contributed by atoms with Crippen LogP contribution in [0.25, 0.3) is 0 Å². The lowest BCUT2D eigenvalue weighted by Gasteiger charge is -1.88. The third-order valence-corrected chi connectivity index (χ3v) is 0.636. The molecule has 68 valence electrons. The van der Waals surface area contributed by atoms with E-state index in [1.807, 2.05) is 12.1 Å². The molecule has 3 N–H and O–H groups in total. The molecule has 0 aliphatic heterocycles. The topological polar surface area (TPSA) is 120 Å². The minimum atomic E-state index is -4.92. The molecule has 0 spiro atoms. The predicted octanol–water partition coefficient (Wildman–Crippen LogP) is -1.91. The smallest absolute Gasteiger partial charge is 0.230 e. The van der Waals surface area contributed by atoms with E-state index >= 15 is 0 Å². The zero-order valence-corrected chi connectivity index (χ0v) is 6.68. The Kier molecular flexibility index (Phi) is 4.11. The van der Waals surface area contributed by atoms with Crippen LogP contribution < -0.4 is 10.6 Å².